The summed E-state index contributed by atoms with van der Waals surface area (Å²) in [5, 5.41) is 3.59. The summed E-state index contributed by atoms with van der Waals surface area (Å²) in [4.78, 5) is 14.5. The lowest BCUT2D eigenvalue weighted by Gasteiger charge is -2.10. The van der Waals surface area contributed by atoms with Gasteiger partial charge in [-0.05, 0) is 42.8 Å². The van der Waals surface area contributed by atoms with Crippen molar-refractivity contribution in [3.05, 3.63) is 50.7 Å². The van der Waals surface area contributed by atoms with E-state index in [9.17, 15) is 4.79 Å². The fraction of sp³-hybridized carbons (Fsp3) is 0.267. The normalized spacial score (nSPS) is 16.6. The van der Waals surface area contributed by atoms with Gasteiger partial charge in [-0.2, -0.15) is 0 Å². The van der Waals surface area contributed by atoms with Crippen molar-refractivity contribution in [1.29, 1.82) is 0 Å². The third-order valence-corrected chi connectivity index (χ3v) is 4.46. The van der Waals surface area contributed by atoms with Crippen LogP contribution in [0.25, 0.3) is 0 Å². The van der Waals surface area contributed by atoms with E-state index in [4.69, 9.17) is 16.3 Å². The highest BCUT2D eigenvalue weighted by Gasteiger charge is 2.28. The summed E-state index contributed by atoms with van der Waals surface area (Å²) >= 11 is 7.63. The highest BCUT2D eigenvalue weighted by Crippen LogP contribution is 2.31. The number of fused-ring (bicyclic) bond motifs is 1. The minimum Gasteiger partial charge on any atom is -0.480 e. The molecule has 0 bridgehead atoms. The predicted molar refractivity (Wildman–Crippen MR) is 80.5 cm³/mol. The molecule has 0 radical (unpaired) electrons. The number of carbonyl (C=O) groups is 1. The maximum atomic E-state index is 12.1. The van der Waals surface area contributed by atoms with E-state index in [1.807, 2.05) is 18.2 Å². The second-order valence-corrected chi connectivity index (χ2v) is 6.60. The Balaban J connectivity index is 1.60. The van der Waals surface area contributed by atoms with Crippen LogP contribution in [0.2, 0.25) is 5.02 Å². The maximum Gasteiger partial charge on any atom is 0.261 e. The predicted octanol–water partition coefficient (Wildman–Crippen LogP) is 3.33. The zero-order valence-electron chi connectivity index (χ0n) is 11.0. The molecule has 1 aliphatic heterocycles. The summed E-state index contributed by atoms with van der Waals surface area (Å²) < 4.78 is 5.65. The number of amides is 1. The molecule has 3 nitrogen and oxygen atoms in total. The third kappa shape index (κ3) is 2.81. The highest BCUT2D eigenvalue weighted by atomic mass is 35.5. The van der Waals surface area contributed by atoms with Gasteiger partial charge in [0.25, 0.3) is 5.91 Å². The molecule has 20 heavy (non-hydrogen) atoms. The number of aryl methyl sites for hydroxylation is 1. The lowest BCUT2D eigenvalue weighted by Crippen LogP contribution is -2.36. The van der Waals surface area contributed by atoms with E-state index in [0.717, 1.165) is 16.2 Å². The van der Waals surface area contributed by atoms with Crippen LogP contribution in [0.5, 0.6) is 5.75 Å². The highest BCUT2D eigenvalue weighted by molar-refractivity contribution is 7.11. The standard InChI is InChI=1S/C15H14ClNO2S/c1-9-2-4-12(20-9)8-17-15(18)14-7-10-6-11(16)3-5-13(10)19-14/h2-6,14H,7-8H2,1H3,(H,17,18)/t14-/m1/s1. The van der Waals surface area contributed by atoms with Crippen LogP contribution in [0.15, 0.2) is 30.3 Å². The number of rotatable bonds is 3. The largest absolute Gasteiger partial charge is 0.480 e. The fourth-order valence-corrected chi connectivity index (χ4v) is 3.26. The summed E-state index contributed by atoms with van der Waals surface area (Å²) in [5.74, 6) is 0.671. The van der Waals surface area contributed by atoms with Gasteiger partial charge in [-0.1, -0.05) is 11.6 Å². The zero-order chi connectivity index (χ0) is 14.1. The Labute approximate surface area is 126 Å². The molecule has 0 saturated carbocycles. The van der Waals surface area contributed by atoms with Crippen molar-refractivity contribution < 1.29 is 9.53 Å². The minimum atomic E-state index is -0.454. The molecule has 2 aromatic rings. The fourth-order valence-electron chi connectivity index (χ4n) is 2.23. The zero-order valence-corrected chi connectivity index (χ0v) is 12.6. The van der Waals surface area contributed by atoms with E-state index in [-0.39, 0.29) is 5.91 Å². The molecule has 0 fully saturated rings. The van der Waals surface area contributed by atoms with Gasteiger partial charge in [0, 0.05) is 21.2 Å². The number of benzene rings is 1. The van der Waals surface area contributed by atoms with Gasteiger partial charge in [-0.3, -0.25) is 4.79 Å². The van der Waals surface area contributed by atoms with Crippen LogP contribution in [-0.2, 0) is 17.8 Å². The Hall–Kier alpha value is -1.52. The molecule has 1 amide bonds. The van der Waals surface area contributed by atoms with Crippen LogP contribution in [0.1, 0.15) is 15.3 Å². The van der Waals surface area contributed by atoms with Gasteiger partial charge < -0.3 is 10.1 Å². The quantitative estimate of drug-likeness (QED) is 0.944. The van der Waals surface area contributed by atoms with Crippen LogP contribution < -0.4 is 10.1 Å². The third-order valence-electron chi connectivity index (χ3n) is 3.22. The van der Waals surface area contributed by atoms with Crippen molar-refractivity contribution >= 4 is 28.8 Å². The van der Waals surface area contributed by atoms with E-state index in [0.29, 0.717) is 18.0 Å². The lowest BCUT2D eigenvalue weighted by molar-refractivity contribution is -0.127. The summed E-state index contributed by atoms with van der Waals surface area (Å²) in [7, 11) is 0. The SMILES string of the molecule is Cc1ccc(CNC(=O)[C@H]2Cc3cc(Cl)ccc3O2)s1. The number of nitrogens with one attached hydrogen (secondary N) is 1. The molecule has 0 spiro atoms. The molecule has 2 heterocycles. The van der Waals surface area contributed by atoms with Gasteiger partial charge in [-0.15, -0.1) is 11.3 Å². The van der Waals surface area contributed by atoms with Gasteiger partial charge in [0.15, 0.2) is 6.10 Å². The number of hydrogen-bond donors (Lipinski definition) is 1. The van der Waals surface area contributed by atoms with Gasteiger partial charge in [0.1, 0.15) is 5.75 Å². The van der Waals surface area contributed by atoms with E-state index < -0.39 is 6.10 Å². The minimum absolute atomic E-state index is 0.0802. The Morgan fingerprint density at radius 2 is 2.30 bits per heavy atom. The molecule has 3 rings (SSSR count). The van der Waals surface area contributed by atoms with Crippen LogP contribution in [0.4, 0.5) is 0 Å². The Morgan fingerprint density at radius 1 is 1.45 bits per heavy atom. The number of halogens is 1. The molecule has 0 aliphatic carbocycles. The van der Waals surface area contributed by atoms with E-state index >= 15 is 0 Å². The number of hydrogen-bond acceptors (Lipinski definition) is 3. The van der Waals surface area contributed by atoms with Crippen LogP contribution >= 0.6 is 22.9 Å². The first-order valence-electron chi connectivity index (χ1n) is 6.40. The van der Waals surface area contributed by atoms with Gasteiger partial charge in [0.2, 0.25) is 0 Å². The number of thiophene rings is 1. The van der Waals surface area contributed by atoms with Gasteiger partial charge >= 0.3 is 0 Å². The van der Waals surface area contributed by atoms with Crippen molar-refractivity contribution in [3.63, 3.8) is 0 Å². The van der Waals surface area contributed by atoms with Crippen molar-refractivity contribution in [2.45, 2.75) is 26.0 Å². The Bertz CT molecular complexity index is 653. The number of carbonyl (C=O) groups excluding carboxylic acids is 1. The average Bonchev–Trinajstić information content (AvgIpc) is 3.01. The van der Waals surface area contributed by atoms with Crippen LogP contribution in [0.3, 0.4) is 0 Å². The number of ether oxygens (including phenoxy) is 1. The van der Waals surface area contributed by atoms with E-state index in [2.05, 4.69) is 18.3 Å². The molecule has 0 saturated heterocycles. The molecule has 104 valence electrons. The molecule has 1 N–H and O–H groups in total. The van der Waals surface area contributed by atoms with Crippen molar-refractivity contribution in [2.75, 3.05) is 0 Å². The van der Waals surface area contributed by atoms with Gasteiger partial charge in [-0.25, -0.2) is 0 Å². The molecular formula is C15H14ClNO2S. The smallest absolute Gasteiger partial charge is 0.261 e. The average molecular weight is 308 g/mol. The van der Waals surface area contributed by atoms with Crippen molar-refractivity contribution in [1.82, 2.24) is 5.32 Å². The lowest BCUT2D eigenvalue weighted by atomic mass is 10.1. The van der Waals surface area contributed by atoms with E-state index in [1.165, 1.54) is 4.88 Å². The monoisotopic (exact) mass is 307 g/mol. The Morgan fingerprint density at radius 3 is 3.05 bits per heavy atom. The molecule has 1 aromatic carbocycles. The van der Waals surface area contributed by atoms with Crippen molar-refractivity contribution in [3.8, 4) is 5.75 Å². The van der Waals surface area contributed by atoms with Gasteiger partial charge in [0.05, 0.1) is 6.54 Å². The summed E-state index contributed by atoms with van der Waals surface area (Å²) in [6.45, 7) is 2.60. The van der Waals surface area contributed by atoms with Crippen molar-refractivity contribution in [2.24, 2.45) is 0 Å². The summed E-state index contributed by atoms with van der Waals surface area (Å²) in [6.07, 6.45) is 0.120. The first-order valence-corrected chi connectivity index (χ1v) is 7.59. The Kier molecular flexibility index (Phi) is 3.68. The second kappa shape index (κ2) is 5.46. The molecule has 1 atom stereocenters. The molecule has 1 aliphatic rings. The van der Waals surface area contributed by atoms with Crippen LogP contribution in [-0.4, -0.2) is 12.0 Å². The molecular weight excluding hydrogens is 294 g/mol. The topological polar surface area (TPSA) is 38.3 Å². The molecule has 5 heteroatoms. The second-order valence-electron chi connectivity index (χ2n) is 4.79. The van der Waals surface area contributed by atoms with E-state index in [1.54, 1.807) is 17.4 Å². The first-order chi connectivity index (χ1) is 9.61. The summed E-state index contributed by atoms with van der Waals surface area (Å²) in [5.41, 5.74) is 0.990. The molecule has 1 aromatic heterocycles. The molecule has 0 unspecified atom stereocenters. The van der Waals surface area contributed by atoms with Crippen LogP contribution in [0, 0.1) is 6.92 Å². The summed E-state index contributed by atoms with van der Waals surface area (Å²) in [6, 6.07) is 9.52. The maximum absolute atomic E-state index is 12.1. The first kappa shape index (κ1) is 13.5.